The molecule has 0 atom stereocenters. The second kappa shape index (κ2) is 6.55. The zero-order valence-corrected chi connectivity index (χ0v) is 11.4. The maximum absolute atomic E-state index is 13.6. The quantitative estimate of drug-likeness (QED) is 0.899. The van der Waals surface area contributed by atoms with Crippen LogP contribution in [-0.2, 0) is 13.1 Å². The van der Waals surface area contributed by atoms with Gasteiger partial charge in [0.2, 0.25) is 0 Å². The van der Waals surface area contributed by atoms with Gasteiger partial charge in [-0.05, 0) is 29.8 Å². The van der Waals surface area contributed by atoms with Gasteiger partial charge < -0.3 is 10.1 Å². The average Bonchev–Trinajstić information content (AvgIpc) is 2.42. The van der Waals surface area contributed by atoms with Gasteiger partial charge in [0.25, 0.3) is 0 Å². The first-order chi connectivity index (χ1) is 9.20. The fourth-order valence-corrected chi connectivity index (χ4v) is 2.05. The van der Waals surface area contributed by atoms with E-state index < -0.39 is 0 Å². The number of hydrogen-bond acceptors (Lipinski definition) is 2. The molecule has 0 saturated carbocycles. The number of methoxy groups -OCH3 is 1. The Morgan fingerprint density at radius 3 is 2.68 bits per heavy atom. The standard InChI is InChI=1S/C15H15ClFNO/c1-19-12-5-2-4-11(8-12)9-18-10-13-14(16)6-3-7-15(13)17/h2-8,18H,9-10H2,1H3. The first-order valence-electron chi connectivity index (χ1n) is 5.97. The number of ether oxygens (including phenoxy) is 1. The van der Waals surface area contributed by atoms with Crippen LogP contribution in [0, 0.1) is 5.82 Å². The molecular weight excluding hydrogens is 265 g/mol. The Morgan fingerprint density at radius 2 is 1.95 bits per heavy atom. The van der Waals surface area contributed by atoms with Crippen LogP contribution in [0.4, 0.5) is 4.39 Å². The molecule has 0 amide bonds. The molecule has 0 bridgehead atoms. The van der Waals surface area contributed by atoms with E-state index in [4.69, 9.17) is 16.3 Å². The number of halogens is 2. The maximum atomic E-state index is 13.6. The molecule has 0 aliphatic heterocycles. The highest BCUT2D eigenvalue weighted by Gasteiger charge is 2.06. The number of hydrogen-bond donors (Lipinski definition) is 1. The molecule has 19 heavy (non-hydrogen) atoms. The minimum absolute atomic E-state index is 0.286. The third kappa shape index (κ3) is 3.69. The molecule has 0 unspecified atom stereocenters. The lowest BCUT2D eigenvalue weighted by Gasteiger charge is -2.09. The van der Waals surface area contributed by atoms with Crippen LogP contribution in [-0.4, -0.2) is 7.11 Å². The average molecular weight is 280 g/mol. The van der Waals surface area contributed by atoms with Crippen LogP contribution in [0.3, 0.4) is 0 Å². The van der Waals surface area contributed by atoms with Crippen LogP contribution in [0.1, 0.15) is 11.1 Å². The summed E-state index contributed by atoms with van der Waals surface area (Å²) in [5.74, 6) is 0.522. The van der Waals surface area contributed by atoms with E-state index in [2.05, 4.69) is 5.32 Å². The van der Waals surface area contributed by atoms with Gasteiger partial charge in [-0.15, -0.1) is 0 Å². The largest absolute Gasteiger partial charge is 0.497 e. The third-order valence-electron chi connectivity index (χ3n) is 2.83. The Bertz CT molecular complexity index is 539. The lowest BCUT2D eigenvalue weighted by atomic mass is 10.2. The molecule has 1 N–H and O–H groups in total. The fraction of sp³-hybridized carbons (Fsp3) is 0.200. The van der Waals surface area contributed by atoms with Crippen molar-refractivity contribution in [2.75, 3.05) is 7.11 Å². The predicted molar refractivity (Wildman–Crippen MR) is 74.9 cm³/mol. The van der Waals surface area contributed by atoms with E-state index in [1.165, 1.54) is 6.07 Å². The lowest BCUT2D eigenvalue weighted by molar-refractivity contribution is 0.414. The second-order valence-corrected chi connectivity index (χ2v) is 4.56. The van der Waals surface area contributed by atoms with Crippen LogP contribution < -0.4 is 10.1 Å². The highest BCUT2D eigenvalue weighted by molar-refractivity contribution is 6.31. The van der Waals surface area contributed by atoms with E-state index in [0.717, 1.165) is 11.3 Å². The van der Waals surface area contributed by atoms with Gasteiger partial charge >= 0.3 is 0 Å². The molecule has 0 aliphatic rings. The molecule has 4 heteroatoms. The normalized spacial score (nSPS) is 10.5. The van der Waals surface area contributed by atoms with E-state index in [9.17, 15) is 4.39 Å². The van der Waals surface area contributed by atoms with Gasteiger partial charge in [-0.2, -0.15) is 0 Å². The first kappa shape index (κ1) is 13.8. The molecule has 0 heterocycles. The van der Waals surface area contributed by atoms with Crippen molar-refractivity contribution in [2.45, 2.75) is 13.1 Å². The molecule has 2 rings (SSSR count). The van der Waals surface area contributed by atoms with Crippen molar-refractivity contribution in [3.63, 3.8) is 0 Å². The van der Waals surface area contributed by atoms with Crippen molar-refractivity contribution in [1.29, 1.82) is 0 Å². The van der Waals surface area contributed by atoms with Gasteiger partial charge in [0.1, 0.15) is 11.6 Å². The van der Waals surface area contributed by atoms with Crippen LogP contribution >= 0.6 is 11.6 Å². The summed E-state index contributed by atoms with van der Waals surface area (Å²) in [7, 11) is 1.63. The van der Waals surface area contributed by atoms with E-state index in [-0.39, 0.29) is 5.82 Å². The lowest BCUT2D eigenvalue weighted by Crippen LogP contribution is -2.14. The van der Waals surface area contributed by atoms with Crippen molar-refractivity contribution in [1.82, 2.24) is 5.32 Å². The van der Waals surface area contributed by atoms with Gasteiger partial charge in [0.15, 0.2) is 0 Å². The summed E-state index contributed by atoms with van der Waals surface area (Å²) >= 11 is 5.96. The summed E-state index contributed by atoms with van der Waals surface area (Å²) in [4.78, 5) is 0. The Hall–Kier alpha value is -1.58. The minimum Gasteiger partial charge on any atom is -0.497 e. The summed E-state index contributed by atoms with van der Waals surface area (Å²) in [6.07, 6.45) is 0. The molecule has 0 saturated heterocycles. The molecule has 0 aromatic heterocycles. The molecular formula is C15H15ClFNO. The zero-order valence-electron chi connectivity index (χ0n) is 10.6. The number of benzene rings is 2. The topological polar surface area (TPSA) is 21.3 Å². The minimum atomic E-state index is -0.286. The van der Waals surface area contributed by atoms with Gasteiger partial charge in [-0.3, -0.25) is 0 Å². The molecule has 0 aliphatic carbocycles. The van der Waals surface area contributed by atoms with Crippen molar-refractivity contribution in [2.24, 2.45) is 0 Å². The first-order valence-corrected chi connectivity index (χ1v) is 6.35. The molecule has 100 valence electrons. The number of rotatable bonds is 5. The maximum Gasteiger partial charge on any atom is 0.129 e. The van der Waals surface area contributed by atoms with Crippen LogP contribution in [0.5, 0.6) is 5.75 Å². The highest BCUT2D eigenvalue weighted by Crippen LogP contribution is 2.19. The van der Waals surface area contributed by atoms with E-state index in [1.54, 1.807) is 19.2 Å². The summed E-state index contributed by atoms with van der Waals surface area (Å²) in [5, 5.41) is 3.61. The third-order valence-corrected chi connectivity index (χ3v) is 3.18. The molecule has 2 aromatic rings. The van der Waals surface area contributed by atoms with Gasteiger partial charge in [0.05, 0.1) is 7.11 Å². The Balaban J connectivity index is 1.96. The monoisotopic (exact) mass is 279 g/mol. The second-order valence-electron chi connectivity index (χ2n) is 4.16. The summed E-state index contributed by atoms with van der Waals surface area (Å²) in [6, 6.07) is 12.4. The molecule has 0 fully saturated rings. The van der Waals surface area contributed by atoms with Gasteiger partial charge in [0, 0.05) is 23.7 Å². The zero-order chi connectivity index (χ0) is 13.7. The Labute approximate surface area is 117 Å². The highest BCUT2D eigenvalue weighted by atomic mass is 35.5. The molecule has 2 nitrogen and oxygen atoms in total. The SMILES string of the molecule is COc1cccc(CNCc2c(F)cccc2Cl)c1. The van der Waals surface area contributed by atoms with Crippen molar-refractivity contribution in [3.8, 4) is 5.75 Å². The summed E-state index contributed by atoms with van der Waals surface area (Å²) in [6.45, 7) is 1.02. The number of nitrogens with one attached hydrogen (secondary N) is 1. The Morgan fingerprint density at radius 1 is 1.16 bits per heavy atom. The molecule has 2 aromatic carbocycles. The summed E-state index contributed by atoms with van der Waals surface area (Å²) < 4.78 is 18.7. The smallest absolute Gasteiger partial charge is 0.129 e. The Kier molecular flexibility index (Phi) is 4.77. The van der Waals surface area contributed by atoms with Crippen molar-refractivity contribution in [3.05, 3.63) is 64.4 Å². The van der Waals surface area contributed by atoms with Gasteiger partial charge in [-0.25, -0.2) is 4.39 Å². The van der Waals surface area contributed by atoms with Crippen LogP contribution in [0.25, 0.3) is 0 Å². The van der Waals surface area contributed by atoms with Crippen LogP contribution in [0.15, 0.2) is 42.5 Å². The van der Waals surface area contributed by atoms with Crippen molar-refractivity contribution >= 4 is 11.6 Å². The van der Waals surface area contributed by atoms with Crippen molar-refractivity contribution < 1.29 is 9.13 Å². The molecule has 0 radical (unpaired) electrons. The summed E-state index contributed by atoms with van der Waals surface area (Å²) in [5.41, 5.74) is 1.57. The van der Waals surface area contributed by atoms with E-state index in [1.807, 2.05) is 24.3 Å². The van der Waals surface area contributed by atoms with Crippen LogP contribution in [0.2, 0.25) is 5.02 Å². The molecule has 0 spiro atoms. The van der Waals surface area contributed by atoms with Gasteiger partial charge in [-0.1, -0.05) is 29.8 Å². The predicted octanol–water partition coefficient (Wildman–Crippen LogP) is 3.78. The van der Waals surface area contributed by atoms with E-state index >= 15 is 0 Å². The fourth-order valence-electron chi connectivity index (χ4n) is 1.82. The van der Waals surface area contributed by atoms with E-state index in [0.29, 0.717) is 23.7 Å².